The van der Waals surface area contributed by atoms with Gasteiger partial charge in [0.15, 0.2) is 0 Å². The maximum Gasteiger partial charge on any atom is 0.416 e. The van der Waals surface area contributed by atoms with Crippen LogP contribution in [0, 0.1) is 5.92 Å². The Morgan fingerprint density at radius 2 is 1.91 bits per heavy atom. The molecule has 5 nitrogen and oxygen atoms in total. The van der Waals surface area contributed by atoms with Crippen LogP contribution in [-0.4, -0.2) is 42.6 Å². The fourth-order valence-electron chi connectivity index (χ4n) is 4.09. The van der Waals surface area contributed by atoms with Gasteiger partial charge in [0.25, 0.3) is 0 Å². The molecule has 0 saturated carbocycles. The van der Waals surface area contributed by atoms with Crippen molar-refractivity contribution in [3.8, 4) is 11.5 Å². The molecule has 0 radical (unpaired) electrons. The molecule has 1 amide bonds. The fourth-order valence-corrected chi connectivity index (χ4v) is 4.09. The van der Waals surface area contributed by atoms with Gasteiger partial charge in [0.1, 0.15) is 11.5 Å². The van der Waals surface area contributed by atoms with Gasteiger partial charge in [0.2, 0.25) is 5.91 Å². The van der Waals surface area contributed by atoms with Crippen LogP contribution in [-0.2, 0) is 17.4 Å². The van der Waals surface area contributed by atoms with Crippen molar-refractivity contribution in [2.45, 2.75) is 25.4 Å². The molecule has 2 aromatic carbocycles. The van der Waals surface area contributed by atoms with Gasteiger partial charge in [-0.15, -0.1) is 0 Å². The third-order valence-corrected chi connectivity index (χ3v) is 5.86. The second-order valence-electron chi connectivity index (χ2n) is 8.08. The van der Waals surface area contributed by atoms with Crippen LogP contribution in [0.25, 0.3) is 10.9 Å². The lowest BCUT2D eigenvalue weighted by atomic mass is 9.98. The van der Waals surface area contributed by atoms with Crippen LogP contribution in [0.1, 0.15) is 24.0 Å². The van der Waals surface area contributed by atoms with Gasteiger partial charge in [0, 0.05) is 36.1 Å². The van der Waals surface area contributed by atoms with Crippen LogP contribution in [0.3, 0.4) is 0 Å². The number of halogens is 3. The van der Waals surface area contributed by atoms with Gasteiger partial charge in [-0.1, -0.05) is 0 Å². The minimum atomic E-state index is -4.36. The largest absolute Gasteiger partial charge is 0.497 e. The minimum absolute atomic E-state index is 0.0490. The van der Waals surface area contributed by atoms with E-state index in [-0.39, 0.29) is 11.8 Å². The fraction of sp³-hybridized carbons (Fsp3) is 0.375. The summed E-state index contributed by atoms with van der Waals surface area (Å²) in [4.78, 5) is 18.0. The minimum Gasteiger partial charge on any atom is -0.497 e. The summed E-state index contributed by atoms with van der Waals surface area (Å²) in [6, 6.07) is 10.4. The van der Waals surface area contributed by atoms with Crippen LogP contribution in [0.5, 0.6) is 11.5 Å². The highest BCUT2D eigenvalue weighted by Crippen LogP contribution is 2.30. The van der Waals surface area contributed by atoms with Crippen molar-refractivity contribution in [2.24, 2.45) is 5.92 Å². The number of nitrogens with zero attached hydrogens (tertiary/aromatic N) is 1. The van der Waals surface area contributed by atoms with Gasteiger partial charge < -0.3 is 19.4 Å². The van der Waals surface area contributed by atoms with Crippen molar-refractivity contribution in [1.29, 1.82) is 0 Å². The number of benzene rings is 2. The number of aromatic nitrogens is 1. The van der Waals surface area contributed by atoms with Gasteiger partial charge in [-0.2, -0.15) is 13.2 Å². The molecule has 1 aliphatic rings. The number of piperidine rings is 1. The van der Waals surface area contributed by atoms with E-state index in [4.69, 9.17) is 9.47 Å². The predicted octanol–water partition coefficient (Wildman–Crippen LogP) is 5.06. The molecule has 170 valence electrons. The van der Waals surface area contributed by atoms with E-state index in [2.05, 4.69) is 4.98 Å². The Hall–Kier alpha value is -3.16. The van der Waals surface area contributed by atoms with Crippen molar-refractivity contribution in [3.63, 3.8) is 0 Å². The molecule has 0 aliphatic carbocycles. The lowest BCUT2D eigenvalue weighted by molar-refractivity contribution is -0.137. The van der Waals surface area contributed by atoms with Crippen LogP contribution in [0.15, 0.2) is 48.7 Å². The number of hydrogen-bond acceptors (Lipinski definition) is 3. The molecule has 3 aromatic rings. The first-order valence-electron chi connectivity index (χ1n) is 10.6. The summed E-state index contributed by atoms with van der Waals surface area (Å²) in [5.74, 6) is 1.32. The molecule has 1 atom stereocenters. The molecule has 1 aliphatic heterocycles. The highest BCUT2D eigenvalue weighted by atomic mass is 19.4. The normalized spacial score (nSPS) is 16.9. The number of fused-ring (bicyclic) bond motifs is 1. The summed E-state index contributed by atoms with van der Waals surface area (Å²) in [6.07, 6.45) is -0.432. The van der Waals surface area contributed by atoms with Crippen LogP contribution >= 0.6 is 0 Å². The Morgan fingerprint density at radius 3 is 2.62 bits per heavy atom. The van der Waals surface area contributed by atoms with E-state index in [1.54, 1.807) is 7.11 Å². The number of hydrogen-bond donors (Lipinski definition) is 1. The van der Waals surface area contributed by atoms with E-state index in [0.29, 0.717) is 31.9 Å². The number of carbonyl (C=O) groups excluding carboxylic acids is 1. The molecule has 8 heteroatoms. The molecule has 1 unspecified atom stereocenters. The second kappa shape index (κ2) is 9.14. The number of rotatable bonds is 6. The first-order chi connectivity index (χ1) is 15.3. The summed E-state index contributed by atoms with van der Waals surface area (Å²) in [7, 11) is 1.61. The van der Waals surface area contributed by atoms with Crippen LogP contribution < -0.4 is 9.47 Å². The van der Waals surface area contributed by atoms with Gasteiger partial charge in [-0.3, -0.25) is 4.79 Å². The van der Waals surface area contributed by atoms with Crippen molar-refractivity contribution < 1.29 is 27.4 Å². The van der Waals surface area contributed by atoms with E-state index >= 15 is 0 Å². The number of methoxy groups -OCH3 is 1. The van der Waals surface area contributed by atoms with Crippen molar-refractivity contribution in [3.05, 3.63) is 59.8 Å². The Kier molecular flexibility index (Phi) is 6.30. The number of amides is 1. The lowest BCUT2D eigenvalue weighted by Crippen LogP contribution is -2.42. The molecule has 1 saturated heterocycles. The molecular formula is C24H25F3N2O3. The Balaban J connectivity index is 1.34. The maximum atomic E-state index is 12.9. The van der Waals surface area contributed by atoms with E-state index in [1.165, 1.54) is 12.1 Å². The quantitative estimate of drug-likeness (QED) is 0.576. The predicted molar refractivity (Wildman–Crippen MR) is 115 cm³/mol. The number of nitrogens with one attached hydrogen (secondary N) is 1. The standard InChI is InChI=1S/C24H25F3N2O3/c1-31-20-8-9-22-21(12-20)17(13-28-22)11-23(30)29-10-2-3-16(14-29)15-32-19-6-4-18(5-7-19)24(25,26)27/h4-9,12-13,16,28H,2-3,10-11,14-15H2,1H3. The maximum absolute atomic E-state index is 12.9. The zero-order valence-corrected chi connectivity index (χ0v) is 17.7. The Bertz CT molecular complexity index is 1080. The third-order valence-electron chi connectivity index (χ3n) is 5.86. The average molecular weight is 446 g/mol. The highest BCUT2D eigenvalue weighted by Gasteiger charge is 2.30. The Labute approximate surface area is 184 Å². The van der Waals surface area contributed by atoms with E-state index in [1.807, 2.05) is 29.3 Å². The van der Waals surface area contributed by atoms with Crippen molar-refractivity contribution >= 4 is 16.8 Å². The topological polar surface area (TPSA) is 54.6 Å². The van der Waals surface area contributed by atoms with Gasteiger partial charge in [-0.05, 0) is 60.9 Å². The summed E-state index contributed by atoms with van der Waals surface area (Å²) in [6.45, 7) is 1.63. The molecule has 0 bridgehead atoms. The zero-order chi connectivity index (χ0) is 22.7. The Morgan fingerprint density at radius 1 is 1.16 bits per heavy atom. The first kappa shape index (κ1) is 22.0. The molecule has 1 fully saturated rings. The molecule has 0 spiro atoms. The van der Waals surface area contributed by atoms with Crippen LogP contribution in [0.2, 0.25) is 0 Å². The number of alkyl halides is 3. The number of H-pyrrole nitrogens is 1. The molecule has 2 heterocycles. The third kappa shape index (κ3) is 5.00. The zero-order valence-electron chi connectivity index (χ0n) is 17.7. The summed E-state index contributed by atoms with van der Waals surface area (Å²) >= 11 is 0. The second-order valence-corrected chi connectivity index (χ2v) is 8.08. The van der Waals surface area contributed by atoms with E-state index in [0.717, 1.165) is 47.2 Å². The van der Waals surface area contributed by atoms with E-state index < -0.39 is 11.7 Å². The molecule has 4 rings (SSSR count). The van der Waals surface area contributed by atoms with Gasteiger partial charge in [0.05, 0.1) is 25.7 Å². The SMILES string of the molecule is COc1ccc2[nH]cc(CC(=O)N3CCCC(COc4ccc(C(F)(F)F)cc4)C3)c2c1. The average Bonchev–Trinajstić information content (AvgIpc) is 3.19. The number of likely N-dealkylation sites (tertiary alicyclic amines) is 1. The molecule has 32 heavy (non-hydrogen) atoms. The summed E-state index contributed by atoms with van der Waals surface area (Å²) in [5, 5.41) is 0.969. The monoisotopic (exact) mass is 446 g/mol. The molecule has 1 aromatic heterocycles. The van der Waals surface area contributed by atoms with Gasteiger partial charge >= 0.3 is 6.18 Å². The molecular weight excluding hydrogens is 421 g/mol. The van der Waals surface area contributed by atoms with Crippen molar-refractivity contribution in [1.82, 2.24) is 9.88 Å². The summed E-state index contributed by atoms with van der Waals surface area (Å²) < 4.78 is 49.1. The number of aromatic amines is 1. The lowest BCUT2D eigenvalue weighted by Gasteiger charge is -2.32. The molecule has 1 N–H and O–H groups in total. The number of carbonyl (C=O) groups is 1. The number of ether oxygens (including phenoxy) is 2. The summed E-state index contributed by atoms with van der Waals surface area (Å²) in [5.41, 5.74) is 1.18. The van der Waals surface area contributed by atoms with E-state index in [9.17, 15) is 18.0 Å². The van der Waals surface area contributed by atoms with Crippen molar-refractivity contribution in [2.75, 3.05) is 26.8 Å². The van der Waals surface area contributed by atoms with Gasteiger partial charge in [-0.25, -0.2) is 0 Å². The smallest absolute Gasteiger partial charge is 0.416 e. The first-order valence-corrected chi connectivity index (χ1v) is 10.6. The van der Waals surface area contributed by atoms with Crippen LogP contribution in [0.4, 0.5) is 13.2 Å². The highest BCUT2D eigenvalue weighted by molar-refractivity contribution is 5.89.